The molecule has 0 amide bonds. The van der Waals surface area contributed by atoms with Gasteiger partial charge in [0.1, 0.15) is 6.10 Å². The highest BCUT2D eigenvalue weighted by Gasteiger charge is 2.18. The highest BCUT2D eigenvalue weighted by molar-refractivity contribution is 6.32. The molecule has 0 fully saturated rings. The molecule has 90 valence electrons. The predicted octanol–water partition coefficient (Wildman–Crippen LogP) is 1.86. The maximum absolute atomic E-state index is 10.3. The number of halogens is 1. The fourth-order valence-electron chi connectivity index (χ4n) is 1.79. The molecule has 3 aromatic rings. The van der Waals surface area contributed by atoms with E-state index in [-0.39, 0.29) is 5.15 Å². The lowest BCUT2D eigenvalue weighted by molar-refractivity contribution is 0.208. The van der Waals surface area contributed by atoms with Gasteiger partial charge in [-0.05, 0) is 5.56 Å². The summed E-state index contributed by atoms with van der Waals surface area (Å²) in [6.45, 7) is 0. The van der Waals surface area contributed by atoms with E-state index in [1.54, 1.807) is 16.8 Å². The van der Waals surface area contributed by atoms with E-state index < -0.39 is 6.10 Å². The van der Waals surface area contributed by atoms with Crippen molar-refractivity contribution in [2.24, 2.45) is 0 Å². The lowest BCUT2D eigenvalue weighted by atomic mass is 10.1. The molecule has 0 radical (unpaired) electrons. The van der Waals surface area contributed by atoms with Gasteiger partial charge < -0.3 is 5.11 Å². The molecule has 1 N–H and O–H groups in total. The molecule has 1 aromatic carbocycles. The van der Waals surface area contributed by atoms with Crippen LogP contribution in [-0.4, -0.2) is 24.7 Å². The van der Waals surface area contributed by atoms with E-state index in [1.807, 2.05) is 30.3 Å². The van der Waals surface area contributed by atoms with Crippen LogP contribution >= 0.6 is 11.6 Å². The van der Waals surface area contributed by atoms with Crippen LogP contribution in [0.2, 0.25) is 5.15 Å². The molecule has 1 atom stereocenters. The summed E-state index contributed by atoms with van der Waals surface area (Å²) in [5, 5.41) is 18.4. The number of benzene rings is 1. The Labute approximate surface area is 108 Å². The fraction of sp³-hybridized carbons (Fsp3) is 0.0833. The molecule has 0 aliphatic carbocycles. The molecule has 0 saturated carbocycles. The smallest absolute Gasteiger partial charge is 0.198 e. The highest BCUT2D eigenvalue weighted by Crippen LogP contribution is 2.22. The van der Waals surface area contributed by atoms with Crippen LogP contribution in [0, 0.1) is 0 Å². The molecule has 0 bridgehead atoms. The van der Waals surface area contributed by atoms with E-state index in [0.29, 0.717) is 11.5 Å². The van der Waals surface area contributed by atoms with Crippen molar-refractivity contribution in [1.82, 2.24) is 19.6 Å². The Kier molecular flexibility index (Phi) is 2.70. The largest absolute Gasteiger partial charge is 0.380 e. The summed E-state index contributed by atoms with van der Waals surface area (Å²) in [5.41, 5.74) is 1.18. The summed E-state index contributed by atoms with van der Waals surface area (Å²) in [6, 6.07) is 9.26. The highest BCUT2D eigenvalue weighted by atomic mass is 35.5. The molecule has 0 spiro atoms. The monoisotopic (exact) mass is 260 g/mol. The van der Waals surface area contributed by atoms with Crippen molar-refractivity contribution >= 4 is 17.2 Å². The first kappa shape index (κ1) is 11.1. The van der Waals surface area contributed by atoms with Crippen molar-refractivity contribution in [3.05, 3.63) is 59.3 Å². The van der Waals surface area contributed by atoms with E-state index in [2.05, 4.69) is 15.2 Å². The summed E-state index contributed by atoms with van der Waals surface area (Å²) in [4.78, 5) is 3.91. The van der Waals surface area contributed by atoms with Gasteiger partial charge in [-0.3, -0.25) is 4.40 Å². The van der Waals surface area contributed by atoms with Gasteiger partial charge in [0.2, 0.25) is 0 Å². The average molecular weight is 261 g/mol. The Bertz CT molecular complexity index is 683. The van der Waals surface area contributed by atoms with Crippen LogP contribution in [0.4, 0.5) is 0 Å². The first-order valence-corrected chi connectivity index (χ1v) is 5.73. The number of aliphatic hydroxyl groups excluding tert-OH is 1. The third-order valence-electron chi connectivity index (χ3n) is 2.67. The van der Waals surface area contributed by atoms with Gasteiger partial charge in [0.15, 0.2) is 16.6 Å². The van der Waals surface area contributed by atoms with Gasteiger partial charge in [0, 0.05) is 12.4 Å². The molecule has 3 rings (SSSR count). The van der Waals surface area contributed by atoms with E-state index >= 15 is 0 Å². The van der Waals surface area contributed by atoms with E-state index in [1.165, 1.54) is 0 Å². The zero-order valence-electron chi connectivity index (χ0n) is 9.23. The molecular weight excluding hydrogens is 252 g/mol. The second kappa shape index (κ2) is 4.36. The van der Waals surface area contributed by atoms with Crippen LogP contribution in [0.1, 0.15) is 17.5 Å². The molecule has 2 heterocycles. The van der Waals surface area contributed by atoms with Crippen LogP contribution in [0.5, 0.6) is 0 Å². The Morgan fingerprint density at radius 2 is 1.94 bits per heavy atom. The van der Waals surface area contributed by atoms with Crippen molar-refractivity contribution in [3.63, 3.8) is 0 Å². The van der Waals surface area contributed by atoms with Gasteiger partial charge in [-0.25, -0.2) is 4.98 Å². The third kappa shape index (κ3) is 1.73. The van der Waals surface area contributed by atoms with Gasteiger partial charge in [-0.1, -0.05) is 41.9 Å². The third-order valence-corrected chi connectivity index (χ3v) is 2.94. The number of hydrogen-bond acceptors (Lipinski definition) is 4. The zero-order chi connectivity index (χ0) is 12.5. The van der Waals surface area contributed by atoms with Gasteiger partial charge >= 0.3 is 0 Å². The lowest BCUT2D eigenvalue weighted by Gasteiger charge is -2.08. The molecule has 18 heavy (non-hydrogen) atoms. The Balaban J connectivity index is 2.13. The normalized spacial score (nSPS) is 12.8. The summed E-state index contributed by atoms with van der Waals surface area (Å²) in [6.07, 6.45) is 2.36. The van der Waals surface area contributed by atoms with Crippen molar-refractivity contribution < 1.29 is 5.11 Å². The Morgan fingerprint density at radius 1 is 1.17 bits per heavy atom. The summed E-state index contributed by atoms with van der Waals surface area (Å²) >= 11 is 5.90. The molecule has 5 nitrogen and oxygen atoms in total. The van der Waals surface area contributed by atoms with Gasteiger partial charge in [-0.15, -0.1) is 10.2 Å². The number of rotatable bonds is 2. The predicted molar refractivity (Wildman–Crippen MR) is 66.3 cm³/mol. The minimum absolute atomic E-state index is 0.261. The van der Waals surface area contributed by atoms with Gasteiger partial charge in [0.25, 0.3) is 0 Å². The Hall–Kier alpha value is -1.98. The number of nitrogens with zero attached hydrogens (tertiary/aromatic N) is 4. The topological polar surface area (TPSA) is 63.3 Å². The molecular formula is C12H9ClN4O. The minimum atomic E-state index is -0.848. The van der Waals surface area contributed by atoms with E-state index in [0.717, 1.165) is 5.56 Å². The first-order chi connectivity index (χ1) is 8.77. The lowest BCUT2D eigenvalue weighted by Crippen LogP contribution is -2.05. The van der Waals surface area contributed by atoms with Gasteiger partial charge in [-0.2, -0.15) is 0 Å². The SMILES string of the molecule is OC(c1ccccc1)c1nnc2c(Cl)nccn12. The maximum atomic E-state index is 10.3. The standard InChI is InChI=1S/C12H9ClN4O/c13-10-12-16-15-11(17(12)7-6-14-10)9(18)8-4-2-1-3-5-8/h1-7,9,18H. The molecule has 0 aliphatic rings. The fourth-order valence-corrected chi connectivity index (χ4v) is 1.97. The zero-order valence-corrected chi connectivity index (χ0v) is 9.99. The molecule has 6 heteroatoms. The minimum Gasteiger partial charge on any atom is -0.380 e. The van der Waals surface area contributed by atoms with Gasteiger partial charge in [0.05, 0.1) is 0 Å². The van der Waals surface area contributed by atoms with Crippen molar-refractivity contribution in [1.29, 1.82) is 0 Å². The first-order valence-electron chi connectivity index (χ1n) is 5.35. The maximum Gasteiger partial charge on any atom is 0.198 e. The summed E-state index contributed by atoms with van der Waals surface area (Å²) < 4.78 is 1.63. The van der Waals surface area contributed by atoms with Crippen LogP contribution in [0.15, 0.2) is 42.7 Å². The molecule has 0 aliphatic heterocycles. The molecule has 1 unspecified atom stereocenters. The van der Waals surface area contributed by atoms with Crippen LogP contribution < -0.4 is 0 Å². The number of fused-ring (bicyclic) bond motifs is 1. The van der Waals surface area contributed by atoms with Crippen LogP contribution in [0.25, 0.3) is 5.65 Å². The van der Waals surface area contributed by atoms with Crippen molar-refractivity contribution in [2.75, 3.05) is 0 Å². The Morgan fingerprint density at radius 3 is 2.72 bits per heavy atom. The number of aromatic nitrogens is 4. The summed E-state index contributed by atoms with van der Waals surface area (Å²) in [7, 11) is 0. The van der Waals surface area contributed by atoms with Crippen LogP contribution in [0.3, 0.4) is 0 Å². The van der Waals surface area contributed by atoms with Crippen molar-refractivity contribution in [3.8, 4) is 0 Å². The second-order valence-corrected chi connectivity index (χ2v) is 4.14. The van der Waals surface area contributed by atoms with Crippen LogP contribution in [-0.2, 0) is 0 Å². The quantitative estimate of drug-likeness (QED) is 0.764. The molecule has 0 saturated heterocycles. The van der Waals surface area contributed by atoms with Crippen molar-refractivity contribution in [2.45, 2.75) is 6.10 Å². The van der Waals surface area contributed by atoms with E-state index in [9.17, 15) is 5.11 Å². The number of aliphatic hydroxyl groups is 1. The number of hydrogen-bond donors (Lipinski definition) is 1. The van der Waals surface area contributed by atoms with E-state index in [4.69, 9.17) is 11.6 Å². The second-order valence-electron chi connectivity index (χ2n) is 3.78. The summed E-state index contributed by atoms with van der Waals surface area (Å²) in [5.74, 6) is 0.417. The molecule has 2 aromatic heterocycles. The average Bonchev–Trinajstić information content (AvgIpc) is 2.84.